The summed E-state index contributed by atoms with van der Waals surface area (Å²) in [4.78, 5) is 39.1. The molecule has 0 bridgehead atoms. The number of phenolic OH excluding ortho intramolecular Hbond substituents is 2. The highest BCUT2D eigenvalue weighted by atomic mass is 16.3. The first-order valence-electron chi connectivity index (χ1n) is 15.6. The topological polar surface area (TPSA) is 130 Å². The summed E-state index contributed by atoms with van der Waals surface area (Å²) in [5.74, 6) is 4.56. The van der Waals surface area contributed by atoms with Gasteiger partial charge in [0.2, 0.25) is 5.91 Å². The molecule has 44 heavy (non-hydrogen) atoms. The second-order valence-electron chi connectivity index (χ2n) is 16.5. The van der Waals surface area contributed by atoms with Crippen molar-refractivity contribution in [2.24, 2.45) is 11.8 Å². The Morgan fingerprint density at radius 2 is 0.955 bits per heavy atom. The van der Waals surface area contributed by atoms with Crippen molar-refractivity contribution < 1.29 is 24.6 Å². The van der Waals surface area contributed by atoms with E-state index in [4.69, 9.17) is 5.84 Å². The highest BCUT2D eigenvalue weighted by molar-refractivity contribution is 5.88. The minimum Gasteiger partial charge on any atom is -0.507 e. The zero-order chi connectivity index (χ0) is 34.0. The molecule has 2 aromatic rings. The number of aromatic hydroxyl groups is 2. The molecule has 0 fully saturated rings. The number of hydrogen-bond donors (Lipinski definition) is 4. The van der Waals surface area contributed by atoms with Gasteiger partial charge in [-0.3, -0.25) is 19.8 Å². The minimum atomic E-state index is -0.743. The number of amides is 1. The van der Waals surface area contributed by atoms with Gasteiger partial charge in [-0.15, -0.1) is 0 Å². The third kappa shape index (κ3) is 9.65. The van der Waals surface area contributed by atoms with Gasteiger partial charge in [-0.25, -0.2) is 5.84 Å². The minimum absolute atomic E-state index is 0.0472. The Labute approximate surface area is 265 Å². The molecule has 5 N–H and O–H groups in total. The molecule has 0 heterocycles. The summed E-state index contributed by atoms with van der Waals surface area (Å²) in [6.07, 6.45) is 0.529. The maximum Gasteiger partial charge on any atom is 0.237 e. The van der Waals surface area contributed by atoms with Crippen molar-refractivity contribution in [3.05, 3.63) is 57.6 Å². The van der Waals surface area contributed by atoms with Gasteiger partial charge in [-0.2, -0.15) is 0 Å². The zero-order valence-corrected chi connectivity index (χ0v) is 29.1. The lowest BCUT2D eigenvalue weighted by molar-refractivity contribution is -0.130. The number of hydrazine groups is 1. The van der Waals surface area contributed by atoms with Crippen molar-refractivity contribution in [2.45, 2.75) is 137 Å². The molecule has 0 aromatic heterocycles. The number of ketones is 2. The first kappa shape index (κ1) is 37.0. The third-order valence-electron chi connectivity index (χ3n) is 8.13. The summed E-state index contributed by atoms with van der Waals surface area (Å²) >= 11 is 0. The van der Waals surface area contributed by atoms with Gasteiger partial charge in [0.1, 0.15) is 23.1 Å². The maximum absolute atomic E-state index is 13.3. The van der Waals surface area contributed by atoms with E-state index in [1.54, 1.807) is 0 Å². The van der Waals surface area contributed by atoms with E-state index in [9.17, 15) is 24.6 Å². The predicted molar refractivity (Wildman–Crippen MR) is 178 cm³/mol. The van der Waals surface area contributed by atoms with E-state index in [1.165, 1.54) is 0 Å². The maximum atomic E-state index is 13.3. The first-order valence-corrected chi connectivity index (χ1v) is 15.6. The average molecular weight is 609 g/mol. The van der Waals surface area contributed by atoms with Gasteiger partial charge in [0.15, 0.2) is 0 Å². The first-order chi connectivity index (χ1) is 19.9. The van der Waals surface area contributed by atoms with Crippen molar-refractivity contribution in [3.63, 3.8) is 0 Å². The second kappa shape index (κ2) is 13.4. The Hall–Kier alpha value is -3.19. The number of benzene rings is 2. The van der Waals surface area contributed by atoms with Crippen LogP contribution in [0.1, 0.15) is 136 Å². The summed E-state index contributed by atoms with van der Waals surface area (Å²) < 4.78 is 0. The van der Waals surface area contributed by atoms with E-state index >= 15 is 0 Å². The van der Waals surface area contributed by atoms with Crippen LogP contribution in [0.25, 0.3) is 0 Å². The van der Waals surface area contributed by atoms with Crippen molar-refractivity contribution in [2.75, 3.05) is 0 Å². The Morgan fingerprint density at radius 1 is 0.636 bits per heavy atom. The summed E-state index contributed by atoms with van der Waals surface area (Å²) in [5.41, 5.74) is 5.60. The quantitative estimate of drug-likeness (QED) is 0.131. The van der Waals surface area contributed by atoms with Gasteiger partial charge in [0.25, 0.3) is 0 Å². The largest absolute Gasteiger partial charge is 0.507 e. The van der Waals surface area contributed by atoms with Crippen LogP contribution in [0, 0.1) is 5.92 Å². The number of carbonyl (C=O) groups excluding carboxylic acids is 3. The van der Waals surface area contributed by atoms with Crippen LogP contribution in [-0.4, -0.2) is 27.7 Å². The third-order valence-corrected chi connectivity index (χ3v) is 8.13. The normalized spacial score (nSPS) is 13.5. The molecule has 0 aliphatic rings. The molecule has 1 unspecified atom stereocenters. The molecule has 0 radical (unpaired) electrons. The molecule has 2 aromatic carbocycles. The summed E-state index contributed by atoms with van der Waals surface area (Å²) in [6.45, 7) is 24.3. The molecule has 2 rings (SSSR count). The Morgan fingerprint density at radius 3 is 1.25 bits per heavy atom. The van der Waals surface area contributed by atoms with Crippen LogP contribution in [0.3, 0.4) is 0 Å². The van der Waals surface area contributed by atoms with Gasteiger partial charge in [0, 0.05) is 31.6 Å². The predicted octanol–water partition coefficient (Wildman–Crippen LogP) is 6.99. The lowest BCUT2D eigenvalue weighted by Gasteiger charge is -2.28. The van der Waals surface area contributed by atoms with E-state index in [1.807, 2.05) is 107 Å². The van der Waals surface area contributed by atoms with E-state index < -0.39 is 11.8 Å². The van der Waals surface area contributed by atoms with Crippen molar-refractivity contribution in [3.8, 4) is 11.5 Å². The molecular formula is C37H56N2O5. The van der Waals surface area contributed by atoms with Crippen LogP contribution >= 0.6 is 0 Å². The average Bonchev–Trinajstić information content (AvgIpc) is 2.85. The summed E-state index contributed by atoms with van der Waals surface area (Å²) in [6, 6.07) is 7.54. The lowest BCUT2D eigenvalue weighted by atomic mass is 9.77. The number of rotatable bonds is 10. The van der Waals surface area contributed by atoms with Gasteiger partial charge in [-0.05, 0) is 61.5 Å². The van der Waals surface area contributed by atoms with Crippen LogP contribution in [0.15, 0.2) is 24.3 Å². The van der Waals surface area contributed by atoms with Gasteiger partial charge < -0.3 is 10.2 Å². The van der Waals surface area contributed by atoms with Gasteiger partial charge in [-0.1, -0.05) is 107 Å². The highest BCUT2D eigenvalue weighted by Gasteiger charge is 2.29. The van der Waals surface area contributed by atoms with Crippen molar-refractivity contribution in [1.29, 1.82) is 0 Å². The number of phenols is 2. The van der Waals surface area contributed by atoms with Crippen LogP contribution < -0.4 is 11.3 Å². The molecule has 7 heteroatoms. The fourth-order valence-electron chi connectivity index (χ4n) is 5.55. The molecular weight excluding hydrogens is 552 g/mol. The molecule has 244 valence electrons. The number of Topliss-reactive ketones (excluding diaryl/α,β-unsaturated/α-hetero) is 2. The number of hydrogen-bond acceptors (Lipinski definition) is 6. The standard InChI is InChI=1S/C37H56N2O5/c1-34(2,3)27-17-22(18-28(31(27)42)35(4,5)6)15-25(40)14-13-24(33(44)39-38)21-26(41)16-23-19-29(36(7,8)9)32(43)30(20-23)37(10,11)12/h17-20,24,42-43H,13-16,21,38H2,1-12H3,(H,39,44). The van der Waals surface area contributed by atoms with Gasteiger partial charge >= 0.3 is 0 Å². The van der Waals surface area contributed by atoms with Gasteiger partial charge in [0.05, 0.1) is 0 Å². The SMILES string of the molecule is CC(C)(C)c1cc(CC(=O)CCC(CC(=O)Cc2cc(C(C)(C)C)c(O)c(C(C)(C)C)c2)C(=O)NN)cc(C(C)(C)C)c1O. The molecule has 0 saturated carbocycles. The van der Waals surface area contributed by atoms with E-state index in [0.29, 0.717) is 0 Å². The smallest absolute Gasteiger partial charge is 0.237 e. The van der Waals surface area contributed by atoms with Crippen molar-refractivity contribution in [1.82, 2.24) is 5.43 Å². The van der Waals surface area contributed by atoms with Crippen LogP contribution in [0.2, 0.25) is 0 Å². The molecule has 0 spiro atoms. The molecule has 0 aliphatic heterocycles. The Balaban J connectivity index is 2.25. The molecule has 0 aliphatic carbocycles. The van der Waals surface area contributed by atoms with Crippen LogP contribution in [-0.2, 0) is 48.9 Å². The van der Waals surface area contributed by atoms with E-state index in [0.717, 1.165) is 33.4 Å². The van der Waals surface area contributed by atoms with Crippen molar-refractivity contribution >= 4 is 17.5 Å². The molecule has 1 atom stereocenters. The monoisotopic (exact) mass is 608 g/mol. The number of carbonyl (C=O) groups is 3. The van der Waals surface area contributed by atoms with Crippen LogP contribution in [0.5, 0.6) is 11.5 Å². The highest BCUT2D eigenvalue weighted by Crippen LogP contribution is 2.41. The fraction of sp³-hybridized carbons (Fsp3) is 0.595. The Bertz CT molecular complexity index is 1310. The lowest BCUT2D eigenvalue weighted by Crippen LogP contribution is -2.37. The number of nitrogens with one attached hydrogen (secondary N) is 1. The summed E-state index contributed by atoms with van der Waals surface area (Å²) in [5, 5.41) is 22.0. The van der Waals surface area contributed by atoms with E-state index in [-0.39, 0.29) is 76.8 Å². The zero-order valence-electron chi connectivity index (χ0n) is 29.1. The molecule has 0 saturated heterocycles. The molecule has 7 nitrogen and oxygen atoms in total. The fourth-order valence-corrected chi connectivity index (χ4v) is 5.55. The number of nitrogens with two attached hydrogens (primary N) is 1. The Kier molecular flexibility index (Phi) is 11.3. The molecule has 1 amide bonds. The van der Waals surface area contributed by atoms with E-state index in [2.05, 4.69) is 5.43 Å². The van der Waals surface area contributed by atoms with Crippen LogP contribution in [0.4, 0.5) is 0 Å². The second-order valence-corrected chi connectivity index (χ2v) is 16.5. The summed E-state index contributed by atoms with van der Waals surface area (Å²) in [7, 11) is 0.